The van der Waals surface area contributed by atoms with E-state index in [-0.39, 0.29) is 24.2 Å². The molecule has 10 heteroatoms. The molecule has 2 aromatic carbocycles. The van der Waals surface area contributed by atoms with Crippen molar-refractivity contribution in [3.8, 4) is 16.9 Å². The molecule has 2 saturated carbocycles. The number of likely N-dealkylation sites (N-methyl/N-ethyl adjacent to an activating group) is 1. The quantitative estimate of drug-likeness (QED) is 0.479. The van der Waals surface area contributed by atoms with Crippen LogP contribution in [0.15, 0.2) is 36.4 Å². The molecule has 0 heterocycles. The second-order valence-electron chi connectivity index (χ2n) is 11.2. The number of phenolic OH excluding ortho intramolecular Hbond substituents is 1. The zero-order valence-corrected chi connectivity index (χ0v) is 22.2. The topological polar surface area (TPSA) is 158 Å². The minimum absolute atomic E-state index is 0.0125. The number of Topliss-reactive ketones (excluding diaryl/α,β-unsaturated/α-hetero) is 4. The first kappa shape index (κ1) is 26.7. The van der Waals surface area contributed by atoms with Crippen molar-refractivity contribution >= 4 is 34.7 Å². The van der Waals surface area contributed by atoms with Crippen molar-refractivity contribution in [2.24, 2.45) is 29.4 Å². The van der Waals surface area contributed by atoms with Crippen molar-refractivity contribution in [1.82, 2.24) is 4.90 Å². The molecule has 1 amide bonds. The Morgan fingerprint density at radius 2 is 1.62 bits per heavy atom. The zero-order valence-electron chi connectivity index (χ0n) is 22.2. The molecule has 3 aliphatic carbocycles. The van der Waals surface area contributed by atoms with Crippen LogP contribution in [0.2, 0.25) is 0 Å². The summed E-state index contributed by atoms with van der Waals surface area (Å²) in [5.41, 5.74) is 5.70. The molecule has 4 unspecified atom stereocenters. The van der Waals surface area contributed by atoms with Gasteiger partial charge in [-0.05, 0) is 67.7 Å². The molecule has 0 spiro atoms. The number of fused-ring (bicyclic) bond motifs is 3. The molecule has 10 nitrogen and oxygen atoms in total. The van der Waals surface area contributed by atoms with Crippen molar-refractivity contribution in [2.75, 3.05) is 33.1 Å². The van der Waals surface area contributed by atoms with Gasteiger partial charge in [0.1, 0.15) is 5.75 Å². The second-order valence-corrected chi connectivity index (χ2v) is 11.2. The number of phenols is 1. The van der Waals surface area contributed by atoms with Gasteiger partial charge in [-0.3, -0.25) is 28.9 Å². The summed E-state index contributed by atoms with van der Waals surface area (Å²) in [7, 11) is 6.96. The van der Waals surface area contributed by atoms with E-state index in [1.165, 1.54) is 11.0 Å². The molecular weight excluding hydrogens is 502 g/mol. The standard InChI is InChI=1S/C29H31N3O7/c1-31(2)15-7-5-13(6-8-15)16-9-10-19(33)21-17(16)11-14-12-18-23(32(3)4)25(35)22(28(30)38)27(37)29(18,39)26(36)20(14)24(21)34/h5-10,14,18,20,22-23,33,39H,11-12H2,1-4H3,(H2,30,38)/t14?,18?,20?,22?,23-,29-/m0/s1. The average molecular weight is 534 g/mol. The summed E-state index contributed by atoms with van der Waals surface area (Å²) in [6, 6.07) is 9.68. The molecule has 0 bridgehead atoms. The molecule has 6 atom stereocenters. The number of amides is 1. The summed E-state index contributed by atoms with van der Waals surface area (Å²) in [6.07, 6.45) is 0.226. The molecule has 3 aliphatic rings. The molecule has 204 valence electrons. The van der Waals surface area contributed by atoms with Gasteiger partial charge in [0.05, 0.1) is 17.5 Å². The van der Waals surface area contributed by atoms with Gasteiger partial charge >= 0.3 is 0 Å². The number of primary amides is 1. The highest BCUT2D eigenvalue weighted by atomic mass is 16.3. The largest absolute Gasteiger partial charge is 0.507 e. The molecular formula is C29H31N3O7. The molecule has 39 heavy (non-hydrogen) atoms. The molecule has 0 saturated heterocycles. The predicted octanol–water partition coefficient (Wildman–Crippen LogP) is 0.600. The maximum Gasteiger partial charge on any atom is 0.235 e. The van der Waals surface area contributed by atoms with Crippen LogP contribution in [-0.4, -0.2) is 84.0 Å². The summed E-state index contributed by atoms with van der Waals surface area (Å²) in [4.78, 5) is 69.8. The van der Waals surface area contributed by atoms with E-state index in [9.17, 15) is 34.2 Å². The maximum atomic E-state index is 13.9. The maximum absolute atomic E-state index is 13.9. The number of nitrogens with two attached hydrogens (primary N) is 1. The Kier molecular flexibility index (Phi) is 6.23. The highest BCUT2D eigenvalue weighted by Crippen LogP contribution is 2.51. The van der Waals surface area contributed by atoms with E-state index in [4.69, 9.17) is 5.73 Å². The summed E-state index contributed by atoms with van der Waals surface area (Å²) >= 11 is 0. The van der Waals surface area contributed by atoms with E-state index < -0.39 is 64.4 Å². The first-order valence-electron chi connectivity index (χ1n) is 12.8. The molecule has 0 aromatic heterocycles. The molecule has 4 N–H and O–H groups in total. The van der Waals surface area contributed by atoms with Crippen LogP contribution in [0.4, 0.5) is 5.69 Å². The third-order valence-electron chi connectivity index (χ3n) is 8.64. The van der Waals surface area contributed by atoms with E-state index in [1.54, 1.807) is 20.2 Å². The lowest BCUT2D eigenvalue weighted by Crippen LogP contribution is -2.74. The highest BCUT2D eigenvalue weighted by molar-refractivity contribution is 6.32. The number of rotatable bonds is 4. The number of hydrogen-bond acceptors (Lipinski definition) is 9. The third-order valence-corrected chi connectivity index (χ3v) is 8.64. The van der Waals surface area contributed by atoms with Crippen LogP contribution in [0.3, 0.4) is 0 Å². The smallest absolute Gasteiger partial charge is 0.235 e. The number of anilines is 1. The van der Waals surface area contributed by atoms with Crippen LogP contribution in [-0.2, 0) is 25.6 Å². The first-order valence-corrected chi connectivity index (χ1v) is 12.8. The fourth-order valence-corrected chi connectivity index (χ4v) is 6.81. The van der Waals surface area contributed by atoms with Gasteiger partial charge in [-0.2, -0.15) is 0 Å². The van der Waals surface area contributed by atoms with Crippen molar-refractivity contribution in [2.45, 2.75) is 24.5 Å². The van der Waals surface area contributed by atoms with Gasteiger partial charge in [0.25, 0.3) is 0 Å². The number of aromatic hydroxyl groups is 1. The summed E-state index contributed by atoms with van der Waals surface area (Å²) < 4.78 is 0. The number of aliphatic hydroxyl groups is 1. The lowest BCUT2D eigenvalue weighted by Gasteiger charge is -2.52. The number of hydrogen-bond donors (Lipinski definition) is 3. The van der Waals surface area contributed by atoms with Gasteiger partial charge in [0, 0.05) is 25.7 Å². The minimum Gasteiger partial charge on any atom is -0.507 e. The van der Waals surface area contributed by atoms with Crippen LogP contribution >= 0.6 is 0 Å². The van der Waals surface area contributed by atoms with Crippen molar-refractivity contribution < 1.29 is 34.2 Å². The van der Waals surface area contributed by atoms with Gasteiger partial charge in [-0.25, -0.2) is 0 Å². The van der Waals surface area contributed by atoms with Crippen LogP contribution in [0, 0.1) is 23.7 Å². The molecule has 5 rings (SSSR count). The average Bonchev–Trinajstić information content (AvgIpc) is 2.86. The van der Waals surface area contributed by atoms with E-state index in [1.807, 2.05) is 43.3 Å². The van der Waals surface area contributed by atoms with E-state index in [0.29, 0.717) is 5.56 Å². The number of nitrogens with zero attached hydrogens (tertiary/aromatic N) is 2. The zero-order chi connectivity index (χ0) is 28.5. The Morgan fingerprint density at radius 3 is 2.18 bits per heavy atom. The fourth-order valence-electron chi connectivity index (χ4n) is 6.81. The number of carbonyl (C=O) groups is 5. The number of ketones is 4. The Labute approximate surface area is 225 Å². The molecule has 0 aliphatic heterocycles. The molecule has 0 radical (unpaired) electrons. The van der Waals surface area contributed by atoms with Crippen LogP contribution in [0.25, 0.3) is 11.1 Å². The van der Waals surface area contributed by atoms with Gasteiger partial charge in [0.2, 0.25) is 5.91 Å². The number of benzene rings is 2. The van der Waals surface area contributed by atoms with Crippen molar-refractivity contribution in [1.29, 1.82) is 0 Å². The number of carbonyl (C=O) groups excluding carboxylic acids is 5. The lowest BCUT2D eigenvalue weighted by atomic mass is 9.52. The van der Waals surface area contributed by atoms with Gasteiger partial charge in [-0.15, -0.1) is 0 Å². The predicted molar refractivity (Wildman–Crippen MR) is 141 cm³/mol. The Balaban J connectivity index is 1.63. The van der Waals surface area contributed by atoms with Gasteiger partial charge in [-0.1, -0.05) is 18.2 Å². The minimum atomic E-state index is -2.73. The van der Waals surface area contributed by atoms with Gasteiger partial charge in [0.15, 0.2) is 34.7 Å². The van der Waals surface area contributed by atoms with E-state index in [0.717, 1.165) is 16.8 Å². The van der Waals surface area contributed by atoms with Crippen LogP contribution in [0.1, 0.15) is 22.3 Å². The Morgan fingerprint density at radius 1 is 0.974 bits per heavy atom. The van der Waals surface area contributed by atoms with E-state index >= 15 is 0 Å². The lowest BCUT2D eigenvalue weighted by molar-refractivity contribution is -0.181. The fraction of sp³-hybridized carbons (Fsp3) is 0.414. The van der Waals surface area contributed by atoms with Crippen molar-refractivity contribution in [3.05, 3.63) is 47.5 Å². The SMILES string of the molecule is CN(C)c1ccc(-c2ccc(O)c3c2CC2CC4[C@H](N(C)C)C(=O)C(C(N)=O)C(=O)[C@@]4(O)C(=O)C2C3=O)cc1. The summed E-state index contributed by atoms with van der Waals surface area (Å²) in [5.74, 6) is -10.5. The highest BCUT2D eigenvalue weighted by Gasteiger charge is 2.69. The monoisotopic (exact) mass is 533 g/mol. The summed E-state index contributed by atoms with van der Waals surface area (Å²) in [6.45, 7) is 0. The Bertz CT molecular complexity index is 1430. The third kappa shape index (κ3) is 3.73. The summed E-state index contributed by atoms with van der Waals surface area (Å²) in [5, 5.41) is 22.4. The van der Waals surface area contributed by atoms with Crippen LogP contribution in [0.5, 0.6) is 5.75 Å². The molecule has 2 aromatic rings. The van der Waals surface area contributed by atoms with Crippen molar-refractivity contribution in [3.63, 3.8) is 0 Å². The van der Waals surface area contributed by atoms with E-state index in [2.05, 4.69) is 0 Å². The first-order chi connectivity index (χ1) is 18.3. The Hall–Kier alpha value is -3.89. The van der Waals surface area contributed by atoms with Gasteiger partial charge < -0.3 is 20.8 Å². The normalized spacial score (nSPS) is 30.1. The second kappa shape index (κ2) is 9.10. The molecule has 2 fully saturated rings. The van der Waals surface area contributed by atoms with Crippen LogP contribution < -0.4 is 10.6 Å².